The maximum atomic E-state index is 10.9. The van der Waals surface area contributed by atoms with E-state index in [4.69, 9.17) is 0 Å². The number of rotatable bonds is 6. The van der Waals surface area contributed by atoms with Gasteiger partial charge in [-0.05, 0) is 18.6 Å². The maximum absolute atomic E-state index is 10.9. The highest BCUT2D eigenvalue weighted by Crippen LogP contribution is 2.20. The lowest BCUT2D eigenvalue weighted by Gasteiger charge is -2.07. The molecule has 0 unspecified atom stereocenters. The van der Waals surface area contributed by atoms with E-state index in [1.165, 1.54) is 7.11 Å². The lowest BCUT2D eigenvalue weighted by molar-refractivity contribution is -0.140. The van der Waals surface area contributed by atoms with Crippen LogP contribution in [-0.4, -0.2) is 28.9 Å². The van der Waals surface area contributed by atoms with Crippen LogP contribution in [0, 0.1) is 0 Å². The van der Waals surface area contributed by atoms with Gasteiger partial charge >= 0.3 is 5.97 Å². The summed E-state index contributed by atoms with van der Waals surface area (Å²) in [7, 11) is 1.38. The van der Waals surface area contributed by atoms with Crippen molar-refractivity contribution in [1.29, 1.82) is 0 Å². The van der Waals surface area contributed by atoms with Gasteiger partial charge in [0.15, 0.2) is 0 Å². The van der Waals surface area contributed by atoms with E-state index in [0.717, 1.165) is 4.90 Å². The standard InChI is InChI=1S/C12H17NO3S/c1-3-11(14)10-5-4-9(8-13-10)17-7-6-12(15)16-2/h4-5,8,11,14H,3,6-7H2,1-2H3/t11-/m0/s1. The normalized spacial score (nSPS) is 12.2. The van der Waals surface area contributed by atoms with E-state index >= 15 is 0 Å². The predicted molar refractivity (Wildman–Crippen MR) is 66.8 cm³/mol. The number of aliphatic hydroxyl groups is 1. The van der Waals surface area contributed by atoms with Crippen molar-refractivity contribution in [2.24, 2.45) is 0 Å². The van der Waals surface area contributed by atoms with Crippen LogP contribution in [0.15, 0.2) is 23.2 Å². The molecular weight excluding hydrogens is 238 g/mol. The number of thioether (sulfide) groups is 1. The number of esters is 1. The number of methoxy groups -OCH3 is 1. The zero-order valence-electron chi connectivity index (χ0n) is 10.0. The molecule has 5 heteroatoms. The molecule has 0 saturated heterocycles. The summed E-state index contributed by atoms with van der Waals surface area (Å²) in [5, 5.41) is 9.57. The molecule has 0 aliphatic carbocycles. The Morgan fingerprint density at radius 3 is 2.88 bits per heavy atom. The Hall–Kier alpha value is -1.07. The van der Waals surface area contributed by atoms with Gasteiger partial charge in [-0.3, -0.25) is 9.78 Å². The smallest absolute Gasteiger partial charge is 0.306 e. The van der Waals surface area contributed by atoms with Crippen LogP contribution < -0.4 is 0 Å². The van der Waals surface area contributed by atoms with E-state index in [0.29, 0.717) is 24.3 Å². The summed E-state index contributed by atoms with van der Waals surface area (Å²) in [5.74, 6) is 0.466. The van der Waals surface area contributed by atoms with E-state index < -0.39 is 6.10 Å². The molecule has 1 rings (SSSR count). The Morgan fingerprint density at radius 2 is 2.35 bits per heavy atom. The molecule has 0 aliphatic heterocycles. The van der Waals surface area contributed by atoms with Gasteiger partial charge < -0.3 is 9.84 Å². The molecule has 4 nitrogen and oxygen atoms in total. The van der Waals surface area contributed by atoms with Crippen LogP contribution in [0.3, 0.4) is 0 Å². The molecular formula is C12H17NO3S. The van der Waals surface area contributed by atoms with Gasteiger partial charge in [0.25, 0.3) is 0 Å². The van der Waals surface area contributed by atoms with Crippen LogP contribution >= 0.6 is 11.8 Å². The number of carbonyl (C=O) groups is 1. The van der Waals surface area contributed by atoms with Crippen LogP contribution in [0.25, 0.3) is 0 Å². The molecule has 1 heterocycles. The average Bonchev–Trinajstić information content (AvgIpc) is 2.38. The first kappa shape index (κ1) is 14.0. The van der Waals surface area contributed by atoms with Crippen LogP contribution in [0.2, 0.25) is 0 Å². The fourth-order valence-corrected chi connectivity index (χ4v) is 2.03. The van der Waals surface area contributed by atoms with Crippen LogP contribution in [0.4, 0.5) is 0 Å². The van der Waals surface area contributed by atoms with Gasteiger partial charge in [0.2, 0.25) is 0 Å². The molecule has 1 aromatic rings. The fraction of sp³-hybridized carbons (Fsp3) is 0.500. The fourth-order valence-electron chi connectivity index (χ4n) is 1.24. The van der Waals surface area contributed by atoms with Crippen molar-refractivity contribution >= 4 is 17.7 Å². The molecule has 0 radical (unpaired) electrons. The highest BCUT2D eigenvalue weighted by molar-refractivity contribution is 7.99. The van der Waals surface area contributed by atoms with Gasteiger partial charge in [-0.15, -0.1) is 11.8 Å². The van der Waals surface area contributed by atoms with Crippen molar-refractivity contribution in [3.63, 3.8) is 0 Å². The number of aromatic nitrogens is 1. The van der Waals surface area contributed by atoms with Gasteiger partial charge in [-0.2, -0.15) is 0 Å². The first-order valence-electron chi connectivity index (χ1n) is 5.51. The SMILES string of the molecule is CC[C@H](O)c1ccc(SCCC(=O)OC)cn1. The molecule has 0 aliphatic rings. The summed E-state index contributed by atoms with van der Waals surface area (Å²) in [4.78, 5) is 16.1. The monoisotopic (exact) mass is 255 g/mol. The molecule has 17 heavy (non-hydrogen) atoms. The topological polar surface area (TPSA) is 59.4 Å². The molecule has 0 fully saturated rings. The second-order valence-corrected chi connectivity index (χ2v) is 4.69. The highest BCUT2D eigenvalue weighted by atomic mass is 32.2. The van der Waals surface area contributed by atoms with Gasteiger partial charge in [-0.25, -0.2) is 0 Å². The first-order chi connectivity index (χ1) is 8.17. The Balaban J connectivity index is 2.43. The maximum Gasteiger partial charge on any atom is 0.306 e. The number of nitrogens with zero attached hydrogens (tertiary/aromatic N) is 1. The Kier molecular flexibility index (Phi) is 6.00. The lowest BCUT2D eigenvalue weighted by atomic mass is 10.2. The van der Waals surface area contributed by atoms with Gasteiger partial charge in [0.05, 0.1) is 25.3 Å². The van der Waals surface area contributed by atoms with E-state index in [2.05, 4.69) is 9.72 Å². The summed E-state index contributed by atoms with van der Waals surface area (Å²) in [6.45, 7) is 1.91. The third-order valence-electron chi connectivity index (χ3n) is 2.29. The summed E-state index contributed by atoms with van der Waals surface area (Å²) in [5.41, 5.74) is 0.685. The summed E-state index contributed by atoms with van der Waals surface area (Å²) >= 11 is 1.55. The number of ether oxygens (including phenoxy) is 1. The quantitative estimate of drug-likeness (QED) is 0.623. The van der Waals surface area contributed by atoms with E-state index in [1.807, 2.05) is 19.1 Å². The Bertz CT molecular complexity index is 353. The van der Waals surface area contributed by atoms with Crippen LogP contribution in [-0.2, 0) is 9.53 Å². The van der Waals surface area contributed by atoms with E-state index in [1.54, 1.807) is 18.0 Å². The van der Waals surface area contributed by atoms with E-state index in [9.17, 15) is 9.90 Å². The van der Waals surface area contributed by atoms with Crippen LogP contribution in [0.5, 0.6) is 0 Å². The number of hydrogen-bond donors (Lipinski definition) is 1. The Morgan fingerprint density at radius 1 is 1.59 bits per heavy atom. The third kappa shape index (κ3) is 4.75. The minimum absolute atomic E-state index is 0.205. The number of pyridine rings is 1. The molecule has 0 aromatic carbocycles. The summed E-state index contributed by atoms with van der Waals surface area (Å²) in [6.07, 6.45) is 2.27. The van der Waals surface area contributed by atoms with Crippen molar-refractivity contribution < 1.29 is 14.6 Å². The van der Waals surface area contributed by atoms with E-state index in [-0.39, 0.29) is 5.97 Å². The van der Waals surface area contributed by atoms with Crippen molar-refractivity contribution in [1.82, 2.24) is 4.98 Å². The van der Waals surface area contributed by atoms with Crippen molar-refractivity contribution in [2.75, 3.05) is 12.9 Å². The zero-order chi connectivity index (χ0) is 12.7. The molecule has 0 bridgehead atoms. The molecule has 0 spiro atoms. The number of hydrogen-bond acceptors (Lipinski definition) is 5. The molecule has 1 atom stereocenters. The predicted octanol–water partition coefficient (Wildman–Crippen LogP) is 2.18. The van der Waals surface area contributed by atoms with Crippen molar-refractivity contribution in [3.8, 4) is 0 Å². The van der Waals surface area contributed by atoms with Crippen LogP contribution in [0.1, 0.15) is 31.6 Å². The highest BCUT2D eigenvalue weighted by Gasteiger charge is 2.06. The van der Waals surface area contributed by atoms with Gasteiger partial charge in [0, 0.05) is 16.8 Å². The van der Waals surface area contributed by atoms with Crippen molar-refractivity contribution in [3.05, 3.63) is 24.0 Å². The Labute approximate surface area is 105 Å². The average molecular weight is 255 g/mol. The number of aliphatic hydroxyl groups excluding tert-OH is 1. The second-order valence-electron chi connectivity index (χ2n) is 3.52. The molecule has 1 aromatic heterocycles. The number of carbonyl (C=O) groups excluding carboxylic acids is 1. The third-order valence-corrected chi connectivity index (χ3v) is 3.27. The molecule has 0 saturated carbocycles. The second kappa shape index (κ2) is 7.29. The minimum atomic E-state index is -0.496. The minimum Gasteiger partial charge on any atom is -0.469 e. The summed E-state index contributed by atoms with van der Waals surface area (Å²) < 4.78 is 4.55. The van der Waals surface area contributed by atoms with Crippen molar-refractivity contribution in [2.45, 2.75) is 30.8 Å². The largest absolute Gasteiger partial charge is 0.469 e. The molecule has 1 N–H and O–H groups in total. The molecule has 0 amide bonds. The van der Waals surface area contributed by atoms with Gasteiger partial charge in [-0.1, -0.05) is 6.92 Å². The van der Waals surface area contributed by atoms with Gasteiger partial charge in [0.1, 0.15) is 0 Å². The lowest BCUT2D eigenvalue weighted by Crippen LogP contribution is -2.01. The molecule has 94 valence electrons. The zero-order valence-corrected chi connectivity index (χ0v) is 10.9. The summed E-state index contributed by atoms with van der Waals surface area (Å²) in [6, 6.07) is 3.72. The first-order valence-corrected chi connectivity index (χ1v) is 6.49.